The van der Waals surface area contributed by atoms with Crippen molar-refractivity contribution in [2.45, 2.75) is 18.2 Å². The van der Waals surface area contributed by atoms with Gasteiger partial charge in [-0.3, -0.25) is 4.79 Å². The predicted molar refractivity (Wildman–Crippen MR) is 92.8 cm³/mol. The highest BCUT2D eigenvalue weighted by molar-refractivity contribution is 7.98. The average molecular weight is 316 g/mol. The van der Waals surface area contributed by atoms with Crippen LogP contribution in [0.3, 0.4) is 0 Å². The smallest absolute Gasteiger partial charge is 0.255 e. The third-order valence-corrected chi connectivity index (χ3v) is 3.79. The molecular formula is C17H20N2O2S. The van der Waals surface area contributed by atoms with Gasteiger partial charge in [0.1, 0.15) is 5.75 Å². The highest BCUT2D eigenvalue weighted by atomic mass is 32.2. The van der Waals surface area contributed by atoms with Crippen molar-refractivity contribution < 1.29 is 9.53 Å². The van der Waals surface area contributed by atoms with Crippen molar-refractivity contribution in [2.75, 3.05) is 23.9 Å². The third kappa shape index (κ3) is 4.18. The van der Waals surface area contributed by atoms with Crippen LogP contribution in [0.4, 0.5) is 11.4 Å². The lowest BCUT2D eigenvalue weighted by atomic mass is 10.1. The van der Waals surface area contributed by atoms with E-state index < -0.39 is 0 Å². The number of carbonyl (C=O) groups excluding carboxylic acids is 1. The molecule has 2 aromatic carbocycles. The summed E-state index contributed by atoms with van der Waals surface area (Å²) in [6, 6.07) is 12.8. The van der Waals surface area contributed by atoms with Gasteiger partial charge in [-0.25, -0.2) is 0 Å². The zero-order valence-corrected chi connectivity index (χ0v) is 13.6. The molecule has 0 unspecified atom stereocenters. The van der Waals surface area contributed by atoms with E-state index in [2.05, 4.69) is 5.32 Å². The summed E-state index contributed by atoms with van der Waals surface area (Å²) >= 11 is 1.63. The SMILES string of the molecule is CCCOc1ccc(C(=O)Nc2cccc(SC)c2)cc1N. The molecule has 0 fully saturated rings. The number of rotatable bonds is 6. The Labute approximate surface area is 135 Å². The molecule has 2 rings (SSSR count). The van der Waals surface area contributed by atoms with E-state index in [-0.39, 0.29) is 5.91 Å². The Hall–Kier alpha value is -2.14. The minimum atomic E-state index is -0.188. The molecule has 4 nitrogen and oxygen atoms in total. The summed E-state index contributed by atoms with van der Waals surface area (Å²) in [6.45, 7) is 2.64. The second kappa shape index (κ2) is 7.75. The Morgan fingerprint density at radius 3 is 2.77 bits per heavy atom. The van der Waals surface area contributed by atoms with Gasteiger partial charge in [0, 0.05) is 16.1 Å². The van der Waals surface area contributed by atoms with E-state index in [1.54, 1.807) is 30.0 Å². The van der Waals surface area contributed by atoms with Gasteiger partial charge in [0.25, 0.3) is 5.91 Å². The Bertz CT molecular complexity index is 659. The molecular weight excluding hydrogens is 296 g/mol. The molecule has 0 spiro atoms. The van der Waals surface area contributed by atoms with Crippen LogP contribution < -0.4 is 15.8 Å². The molecule has 1 amide bonds. The maximum Gasteiger partial charge on any atom is 0.255 e. The van der Waals surface area contributed by atoms with E-state index in [1.807, 2.05) is 37.4 Å². The molecule has 0 saturated heterocycles. The Balaban J connectivity index is 2.10. The van der Waals surface area contributed by atoms with Gasteiger partial charge in [0.15, 0.2) is 0 Å². The van der Waals surface area contributed by atoms with Crippen LogP contribution in [-0.4, -0.2) is 18.8 Å². The molecule has 0 radical (unpaired) electrons. The lowest BCUT2D eigenvalue weighted by Gasteiger charge is -2.10. The third-order valence-electron chi connectivity index (χ3n) is 3.06. The summed E-state index contributed by atoms with van der Waals surface area (Å²) in [7, 11) is 0. The van der Waals surface area contributed by atoms with Crippen LogP contribution in [0.5, 0.6) is 5.75 Å². The standard InChI is InChI=1S/C17H20N2O2S/c1-3-9-21-16-8-7-12(10-15(16)18)17(20)19-13-5-4-6-14(11-13)22-2/h4-8,10-11H,3,9,18H2,1-2H3,(H,19,20). The van der Waals surface area contributed by atoms with Crippen LogP contribution in [0.15, 0.2) is 47.4 Å². The molecule has 0 aliphatic carbocycles. The maximum atomic E-state index is 12.3. The van der Waals surface area contributed by atoms with Crippen LogP contribution in [0, 0.1) is 0 Å². The van der Waals surface area contributed by atoms with E-state index in [9.17, 15) is 4.79 Å². The molecule has 0 aromatic heterocycles. The van der Waals surface area contributed by atoms with E-state index in [0.29, 0.717) is 23.6 Å². The number of nitrogen functional groups attached to an aromatic ring is 1. The zero-order valence-electron chi connectivity index (χ0n) is 12.8. The van der Waals surface area contributed by atoms with Crippen molar-refractivity contribution in [3.8, 4) is 5.75 Å². The van der Waals surface area contributed by atoms with Crippen LogP contribution in [0.1, 0.15) is 23.7 Å². The van der Waals surface area contributed by atoms with Crippen molar-refractivity contribution in [3.05, 3.63) is 48.0 Å². The van der Waals surface area contributed by atoms with Crippen LogP contribution >= 0.6 is 11.8 Å². The summed E-state index contributed by atoms with van der Waals surface area (Å²) in [4.78, 5) is 13.4. The second-order valence-electron chi connectivity index (χ2n) is 4.79. The lowest BCUT2D eigenvalue weighted by molar-refractivity contribution is 0.102. The minimum absolute atomic E-state index is 0.188. The second-order valence-corrected chi connectivity index (χ2v) is 5.67. The van der Waals surface area contributed by atoms with Crippen molar-refractivity contribution in [2.24, 2.45) is 0 Å². The first-order chi connectivity index (χ1) is 10.6. The summed E-state index contributed by atoms with van der Waals surface area (Å²) in [5, 5.41) is 2.87. The van der Waals surface area contributed by atoms with Gasteiger partial charge < -0.3 is 15.8 Å². The molecule has 0 bridgehead atoms. The number of anilines is 2. The van der Waals surface area contributed by atoms with Gasteiger partial charge in [-0.15, -0.1) is 11.8 Å². The number of nitrogens with one attached hydrogen (secondary N) is 1. The van der Waals surface area contributed by atoms with Crippen molar-refractivity contribution in [1.29, 1.82) is 0 Å². The number of carbonyl (C=O) groups is 1. The number of hydrogen-bond acceptors (Lipinski definition) is 4. The quantitative estimate of drug-likeness (QED) is 0.624. The number of amides is 1. The fourth-order valence-corrected chi connectivity index (χ4v) is 2.40. The predicted octanol–water partition coefficient (Wildman–Crippen LogP) is 4.03. The average Bonchev–Trinajstić information content (AvgIpc) is 2.53. The molecule has 22 heavy (non-hydrogen) atoms. The molecule has 0 atom stereocenters. The molecule has 5 heteroatoms. The Morgan fingerprint density at radius 2 is 2.09 bits per heavy atom. The van der Waals surface area contributed by atoms with Crippen molar-refractivity contribution in [1.82, 2.24) is 0 Å². The van der Waals surface area contributed by atoms with Gasteiger partial charge in [0.2, 0.25) is 0 Å². The highest BCUT2D eigenvalue weighted by Gasteiger charge is 2.09. The first-order valence-electron chi connectivity index (χ1n) is 7.11. The van der Waals surface area contributed by atoms with Crippen molar-refractivity contribution >= 4 is 29.0 Å². The number of benzene rings is 2. The molecule has 3 N–H and O–H groups in total. The van der Waals surface area contributed by atoms with Crippen molar-refractivity contribution in [3.63, 3.8) is 0 Å². The number of thioether (sulfide) groups is 1. The van der Waals surface area contributed by atoms with Crippen LogP contribution in [-0.2, 0) is 0 Å². The summed E-state index contributed by atoms with van der Waals surface area (Å²) in [5.74, 6) is 0.426. The molecule has 2 aromatic rings. The van der Waals surface area contributed by atoms with Gasteiger partial charge in [-0.1, -0.05) is 13.0 Å². The summed E-state index contributed by atoms with van der Waals surface area (Å²) in [5.41, 5.74) is 7.68. The fraction of sp³-hybridized carbons (Fsp3) is 0.235. The molecule has 0 aliphatic heterocycles. The zero-order chi connectivity index (χ0) is 15.9. The summed E-state index contributed by atoms with van der Waals surface area (Å²) in [6.07, 6.45) is 2.91. The Morgan fingerprint density at radius 1 is 1.27 bits per heavy atom. The maximum absolute atomic E-state index is 12.3. The number of ether oxygens (including phenoxy) is 1. The van der Waals surface area contributed by atoms with E-state index in [0.717, 1.165) is 17.0 Å². The normalized spacial score (nSPS) is 10.3. The van der Waals surface area contributed by atoms with Crippen LogP contribution in [0.25, 0.3) is 0 Å². The van der Waals surface area contributed by atoms with Gasteiger partial charge >= 0.3 is 0 Å². The first-order valence-corrected chi connectivity index (χ1v) is 8.34. The van der Waals surface area contributed by atoms with Crippen LogP contribution in [0.2, 0.25) is 0 Å². The van der Waals surface area contributed by atoms with Gasteiger partial charge in [-0.2, -0.15) is 0 Å². The molecule has 0 saturated carbocycles. The Kier molecular flexibility index (Phi) is 5.72. The fourth-order valence-electron chi connectivity index (χ4n) is 1.94. The van der Waals surface area contributed by atoms with E-state index >= 15 is 0 Å². The highest BCUT2D eigenvalue weighted by Crippen LogP contribution is 2.24. The lowest BCUT2D eigenvalue weighted by Crippen LogP contribution is -2.12. The summed E-state index contributed by atoms with van der Waals surface area (Å²) < 4.78 is 5.51. The van der Waals surface area contributed by atoms with E-state index in [1.165, 1.54) is 0 Å². The number of hydrogen-bond donors (Lipinski definition) is 2. The largest absolute Gasteiger partial charge is 0.491 e. The monoisotopic (exact) mass is 316 g/mol. The topological polar surface area (TPSA) is 64.3 Å². The minimum Gasteiger partial charge on any atom is -0.491 e. The molecule has 0 aliphatic rings. The first kappa shape index (κ1) is 16.2. The van der Waals surface area contributed by atoms with Gasteiger partial charge in [-0.05, 0) is 49.1 Å². The molecule has 116 valence electrons. The van der Waals surface area contributed by atoms with E-state index in [4.69, 9.17) is 10.5 Å². The molecule has 0 heterocycles. The van der Waals surface area contributed by atoms with Gasteiger partial charge in [0.05, 0.1) is 12.3 Å². The number of nitrogens with two attached hydrogens (primary N) is 1.